The summed E-state index contributed by atoms with van der Waals surface area (Å²) in [5.74, 6) is 0.791. The van der Waals surface area contributed by atoms with Crippen LogP contribution in [0.5, 0.6) is 5.75 Å². The van der Waals surface area contributed by atoms with Gasteiger partial charge in [0.05, 0.1) is 24.6 Å². The van der Waals surface area contributed by atoms with Crippen LogP contribution in [0, 0.1) is 6.92 Å². The first-order valence-electron chi connectivity index (χ1n) is 7.82. The SMILES string of the molecule is Cc1cccc(OC(C)CNC(=O)c2cc3c(s2)CCOC3)c1. The molecule has 2 heterocycles. The summed E-state index contributed by atoms with van der Waals surface area (Å²) in [6, 6.07) is 9.86. The van der Waals surface area contributed by atoms with Gasteiger partial charge in [-0.1, -0.05) is 12.1 Å². The van der Waals surface area contributed by atoms with Gasteiger partial charge in [-0.2, -0.15) is 0 Å². The van der Waals surface area contributed by atoms with Gasteiger partial charge in [-0.25, -0.2) is 0 Å². The summed E-state index contributed by atoms with van der Waals surface area (Å²) in [6.07, 6.45) is 0.818. The molecule has 0 spiro atoms. The highest BCUT2D eigenvalue weighted by Crippen LogP contribution is 2.26. The zero-order chi connectivity index (χ0) is 16.2. The highest BCUT2D eigenvalue weighted by Gasteiger charge is 2.18. The predicted molar refractivity (Wildman–Crippen MR) is 91.3 cm³/mol. The van der Waals surface area contributed by atoms with Crippen LogP contribution < -0.4 is 10.1 Å². The largest absolute Gasteiger partial charge is 0.489 e. The summed E-state index contributed by atoms with van der Waals surface area (Å²) in [4.78, 5) is 14.3. The number of benzene rings is 1. The first-order valence-corrected chi connectivity index (χ1v) is 8.64. The Bertz CT molecular complexity index is 672. The van der Waals surface area contributed by atoms with E-state index in [1.165, 1.54) is 4.88 Å². The van der Waals surface area contributed by atoms with Crippen molar-refractivity contribution in [3.8, 4) is 5.75 Å². The normalized spacial score (nSPS) is 14.9. The number of hydrogen-bond donors (Lipinski definition) is 1. The highest BCUT2D eigenvalue weighted by atomic mass is 32.1. The summed E-state index contributed by atoms with van der Waals surface area (Å²) >= 11 is 1.57. The average Bonchev–Trinajstić information content (AvgIpc) is 2.97. The van der Waals surface area contributed by atoms with Crippen molar-refractivity contribution < 1.29 is 14.3 Å². The van der Waals surface area contributed by atoms with E-state index in [1.54, 1.807) is 11.3 Å². The molecule has 0 radical (unpaired) electrons. The fourth-order valence-corrected chi connectivity index (χ4v) is 3.61. The third kappa shape index (κ3) is 4.12. The van der Waals surface area contributed by atoms with Crippen molar-refractivity contribution in [3.63, 3.8) is 0 Å². The second kappa shape index (κ2) is 7.15. The number of carbonyl (C=O) groups excluding carboxylic acids is 1. The van der Waals surface area contributed by atoms with E-state index in [-0.39, 0.29) is 12.0 Å². The highest BCUT2D eigenvalue weighted by molar-refractivity contribution is 7.14. The molecule has 2 aromatic rings. The van der Waals surface area contributed by atoms with E-state index in [1.807, 2.05) is 44.2 Å². The average molecular weight is 331 g/mol. The molecule has 0 saturated heterocycles. The van der Waals surface area contributed by atoms with Crippen LogP contribution in [-0.4, -0.2) is 25.2 Å². The van der Waals surface area contributed by atoms with Gasteiger partial charge in [0.25, 0.3) is 5.91 Å². The van der Waals surface area contributed by atoms with Gasteiger partial charge in [-0.15, -0.1) is 11.3 Å². The Balaban J connectivity index is 1.53. The van der Waals surface area contributed by atoms with Crippen molar-refractivity contribution in [1.29, 1.82) is 0 Å². The minimum atomic E-state index is -0.0846. The summed E-state index contributed by atoms with van der Waals surface area (Å²) in [5, 5.41) is 2.95. The second-order valence-corrected chi connectivity index (χ2v) is 6.95. The Morgan fingerprint density at radius 3 is 3.09 bits per heavy atom. The van der Waals surface area contributed by atoms with Crippen LogP contribution in [0.25, 0.3) is 0 Å². The Morgan fingerprint density at radius 2 is 2.30 bits per heavy atom. The Labute approximate surface area is 140 Å². The van der Waals surface area contributed by atoms with E-state index >= 15 is 0 Å². The van der Waals surface area contributed by atoms with Crippen molar-refractivity contribution in [2.45, 2.75) is 33.0 Å². The zero-order valence-corrected chi connectivity index (χ0v) is 14.2. The van der Waals surface area contributed by atoms with Crippen LogP contribution in [0.2, 0.25) is 0 Å². The molecule has 5 heteroatoms. The summed E-state index contributed by atoms with van der Waals surface area (Å²) in [5.41, 5.74) is 2.31. The molecule has 23 heavy (non-hydrogen) atoms. The van der Waals surface area contributed by atoms with E-state index in [2.05, 4.69) is 5.32 Å². The molecule has 1 aliphatic heterocycles. The molecule has 1 aromatic heterocycles. The van der Waals surface area contributed by atoms with E-state index in [0.717, 1.165) is 34.8 Å². The number of hydrogen-bond acceptors (Lipinski definition) is 4. The molecule has 1 aromatic carbocycles. The molecule has 1 unspecified atom stereocenters. The smallest absolute Gasteiger partial charge is 0.261 e. The molecule has 0 bridgehead atoms. The molecule has 0 saturated carbocycles. The monoisotopic (exact) mass is 331 g/mol. The van der Waals surface area contributed by atoms with E-state index in [9.17, 15) is 4.79 Å². The van der Waals surface area contributed by atoms with Crippen LogP contribution in [0.1, 0.15) is 32.6 Å². The number of carbonyl (C=O) groups is 1. The van der Waals surface area contributed by atoms with Gasteiger partial charge < -0.3 is 14.8 Å². The molecule has 1 N–H and O–H groups in total. The van der Waals surface area contributed by atoms with Crippen LogP contribution in [0.15, 0.2) is 30.3 Å². The molecule has 1 atom stereocenters. The first kappa shape index (κ1) is 16.0. The lowest BCUT2D eigenvalue weighted by atomic mass is 10.2. The van der Waals surface area contributed by atoms with E-state index in [4.69, 9.17) is 9.47 Å². The molecule has 4 nitrogen and oxygen atoms in total. The molecule has 0 aliphatic carbocycles. The second-order valence-electron chi connectivity index (χ2n) is 5.82. The standard InChI is InChI=1S/C18H21NO3S/c1-12-4-3-5-15(8-12)22-13(2)10-19-18(20)17-9-14-11-21-7-6-16(14)23-17/h3-5,8-9,13H,6-7,10-11H2,1-2H3,(H,19,20). The number of fused-ring (bicyclic) bond motifs is 1. The number of nitrogens with one attached hydrogen (secondary N) is 1. The summed E-state index contributed by atoms with van der Waals surface area (Å²) < 4.78 is 11.2. The molecule has 1 aliphatic rings. The van der Waals surface area contributed by atoms with Gasteiger partial charge in [-0.3, -0.25) is 4.79 Å². The van der Waals surface area contributed by atoms with E-state index < -0.39 is 0 Å². The Kier molecular flexibility index (Phi) is 4.98. The van der Waals surface area contributed by atoms with Gasteiger partial charge in [0.1, 0.15) is 11.9 Å². The number of aryl methyl sites for hydroxylation is 1. The van der Waals surface area contributed by atoms with Crippen LogP contribution >= 0.6 is 11.3 Å². The number of ether oxygens (including phenoxy) is 2. The molecule has 122 valence electrons. The van der Waals surface area contributed by atoms with Crippen molar-refractivity contribution in [1.82, 2.24) is 5.32 Å². The quantitative estimate of drug-likeness (QED) is 0.914. The van der Waals surface area contributed by atoms with Crippen LogP contribution in [-0.2, 0) is 17.8 Å². The third-order valence-electron chi connectivity index (χ3n) is 3.73. The van der Waals surface area contributed by atoms with Crippen LogP contribution in [0.4, 0.5) is 0 Å². The van der Waals surface area contributed by atoms with Crippen molar-refractivity contribution in [2.75, 3.05) is 13.2 Å². The molecule has 3 rings (SSSR count). The van der Waals surface area contributed by atoms with Crippen molar-refractivity contribution in [3.05, 3.63) is 51.2 Å². The Hall–Kier alpha value is -1.85. The topological polar surface area (TPSA) is 47.6 Å². The molecular weight excluding hydrogens is 310 g/mol. The van der Waals surface area contributed by atoms with Crippen molar-refractivity contribution in [2.24, 2.45) is 0 Å². The maximum atomic E-state index is 12.3. The number of amides is 1. The lowest BCUT2D eigenvalue weighted by Crippen LogP contribution is -2.33. The zero-order valence-electron chi connectivity index (χ0n) is 13.4. The number of rotatable bonds is 5. The lowest BCUT2D eigenvalue weighted by molar-refractivity contribution is 0.0935. The van der Waals surface area contributed by atoms with Gasteiger partial charge in [0.2, 0.25) is 0 Å². The fourth-order valence-electron chi connectivity index (χ4n) is 2.55. The van der Waals surface area contributed by atoms with Gasteiger partial charge in [0, 0.05) is 11.3 Å². The first-order chi connectivity index (χ1) is 11.1. The molecule has 1 amide bonds. The van der Waals surface area contributed by atoms with Gasteiger partial charge in [-0.05, 0) is 43.2 Å². The van der Waals surface area contributed by atoms with Gasteiger partial charge >= 0.3 is 0 Å². The lowest BCUT2D eigenvalue weighted by Gasteiger charge is -2.15. The third-order valence-corrected chi connectivity index (χ3v) is 4.96. The molecular formula is C18H21NO3S. The van der Waals surface area contributed by atoms with Gasteiger partial charge in [0.15, 0.2) is 0 Å². The Morgan fingerprint density at radius 1 is 1.43 bits per heavy atom. The predicted octanol–water partition coefficient (Wildman–Crippen LogP) is 3.33. The summed E-state index contributed by atoms with van der Waals surface area (Å²) in [6.45, 7) is 5.82. The maximum absolute atomic E-state index is 12.3. The summed E-state index contributed by atoms with van der Waals surface area (Å²) in [7, 11) is 0. The van der Waals surface area contributed by atoms with Crippen molar-refractivity contribution >= 4 is 17.2 Å². The maximum Gasteiger partial charge on any atom is 0.261 e. The van der Waals surface area contributed by atoms with E-state index in [0.29, 0.717) is 13.2 Å². The van der Waals surface area contributed by atoms with Crippen LogP contribution in [0.3, 0.4) is 0 Å². The number of thiophene rings is 1. The fraction of sp³-hybridized carbons (Fsp3) is 0.389. The molecule has 0 fully saturated rings. The minimum Gasteiger partial charge on any atom is -0.489 e. The minimum absolute atomic E-state index is 0.0379.